The Morgan fingerprint density at radius 3 is 2.54 bits per heavy atom. The lowest BCUT2D eigenvalue weighted by Gasteiger charge is -2.22. The average molecular weight is 595 g/mol. The fourth-order valence-corrected chi connectivity index (χ4v) is 5.08. The molecule has 35 heavy (non-hydrogen) atoms. The van der Waals surface area contributed by atoms with Gasteiger partial charge in [-0.2, -0.15) is 9.78 Å². The van der Waals surface area contributed by atoms with Gasteiger partial charge in [-0.25, -0.2) is 4.98 Å². The number of aromatic nitrogens is 2. The number of nitrogens with zero attached hydrogens (tertiary/aromatic N) is 3. The van der Waals surface area contributed by atoms with E-state index in [-0.39, 0.29) is 11.5 Å². The first-order chi connectivity index (χ1) is 17.1. The van der Waals surface area contributed by atoms with Gasteiger partial charge in [-0.05, 0) is 66.4 Å². The van der Waals surface area contributed by atoms with Crippen LogP contribution in [0, 0.1) is 0 Å². The number of benzene rings is 3. The van der Waals surface area contributed by atoms with E-state index in [9.17, 15) is 4.79 Å². The van der Waals surface area contributed by atoms with E-state index in [2.05, 4.69) is 37.0 Å². The maximum atomic E-state index is 13.5. The molecule has 0 atom stereocenters. The van der Waals surface area contributed by atoms with E-state index >= 15 is 0 Å². The molecule has 1 aromatic heterocycles. The second-order valence-electron chi connectivity index (χ2n) is 8.82. The van der Waals surface area contributed by atoms with Crippen LogP contribution >= 0.6 is 31.9 Å². The topological polar surface area (TPSA) is 56.5 Å². The van der Waals surface area contributed by atoms with Gasteiger partial charge in [0.25, 0.3) is 5.56 Å². The number of rotatable bonds is 6. The Morgan fingerprint density at radius 2 is 1.74 bits per heavy atom. The minimum atomic E-state index is -0.143. The number of halogens is 2. The predicted octanol–water partition coefficient (Wildman–Crippen LogP) is 7.43. The minimum absolute atomic E-state index is 0.143. The predicted molar refractivity (Wildman–Crippen MR) is 147 cm³/mol. The van der Waals surface area contributed by atoms with Crippen LogP contribution in [0.25, 0.3) is 10.9 Å². The highest BCUT2D eigenvalue weighted by molar-refractivity contribution is 9.10. The van der Waals surface area contributed by atoms with Crippen molar-refractivity contribution in [3.63, 3.8) is 0 Å². The number of hydrogen-bond acceptors (Lipinski definition) is 4. The molecule has 4 aromatic rings. The van der Waals surface area contributed by atoms with Crippen LogP contribution in [0.5, 0.6) is 5.75 Å². The molecule has 0 unspecified atom stereocenters. The van der Waals surface area contributed by atoms with Crippen molar-refractivity contribution in [1.82, 2.24) is 9.66 Å². The average Bonchev–Trinajstić information content (AvgIpc) is 2.89. The largest absolute Gasteiger partial charge is 0.489 e. The Bertz CT molecular complexity index is 1420. The molecule has 0 bridgehead atoms. The highest BCUT2D eigenvalue weighted by Gasteiger charge is 2.22. The van der Waals surface area contributed by atoms with Gasteiger partial charge in [-0.15, -0.1) is 0 Å². The summed E-state index contributed by atoms with van der Waals surface area (Å²) < 4.78 is 9.36. The van der Waals surface area contributed by atoms with Gasteiger partial charge >= 0.3 is 0 Å². The van der Waals surface area contributed by atoms with Gasteiger partial charge in [-0.3, -0.25) is 4.79 Å². The Labute approximate surface area is 221 Å². The van der Waals surface area contributed by atoms with Gasteiger partial charge in [-0.1, -0.05) is 75.4 Å². The van der Waals surface area contributed by atoms with Crippen LogP contribution in [0.2, 0.25) is 0 Å². The van der Waals surface area contributed by atoms with Crippen LogP contribution in [0.15, 0.2) is 85.6 Å². The van der Waals surface area contributed by atoms with Crippen molar-refractivity contribution < 1.29 is 4.74 Å². The van der Waals surface area contributed by atoms with E-state index in [0.29, 0.717) is 17.5 Å². The molecule has 0 amide bonds. The molecule has 1 aliphatic rings. The third kappa shape index (κ3) is 5.73. The Kier molecular flexibility index (Phi) is 7.44. The smallest absolute Gasteiger partial charge is 0.282 e. The standard InChI is InChI=1S/C28H25Br2N3O2/c29-22-11-9-19(10-12-22)18-35-24-8-4-5-20(15-24)17-31-33-27(21-6-2-1-3-7-21)32-26-14-13-23(30)16-25(26)28(33)34/h4-5,8-17,21H,1-3,6-7,18H2. The Morgan fingerprint density at radius 1 is 0.971 bits per heavy atom. The van der Waals surface area contributed by atoms with Crippen LogP contribution in [-0.2, 0) is 6.61 Å². The van der Waals surface area contributed by atoms with Crippen molar-refractivity contribution in [2.45, 2.75) is 44.6 Å². The summed E-state index contributed by atoms with van der Waals surface area (Å²) in [5.41, 5.74) is 2.52. The summed E-state index contributed by atoms with van der Waals surface area (Å²) in [5, 5.41) is 5.20. The normalized spacial score (nSPS) is 14.6. The summed E-state index contributed by atoms with van der Waals surface area (Å²) in [6.07, 6.45) is 7.32. The van der Waals surface area contributed by atoms with Crippen LogP contribution in [0.3, 0.4) is 0 Å². The quantitative estimate of drug-likeness (QED) is 0.218. The molecular formula is C28H25Br2N3O2. The molecule has 3 aromatic carbocycles. The summed E-state index contributed by atoms with van der Waals surface area (Å²) in [4.78, 5) is 18.4. The fourth-order valence-electron chi connectivity index (χ4n) is 4.46. The summed E-state index contributed by atoms with van der Waals surface area (Å²) in [7, 11) is 0. The van der Waals surface area contributed by atoms with Gasteiger partial charge in [0.15, 0.2) is 0 Å². The fraction of sp³-hybridized carbons (Fsp3) is 0.250. The zero-order valence-corrected chi connectivity index (χ0v) is 22.3. The molecule has 0 saturated heterocycles. The number of fused-ring (bicyclic) bond motifs is 1. The van der Waals surface area contributed by atoms with E-state index in [1.54, 1.807) is 6.21 Å². The van der Waals surface area contributed by atoms with Crippen molar-refractivity contribution in [1.29, 1.82) is 0 Å². The zero-order valence-electron chi connectivity index (χ0n) is 19.2. The molecule has 178 valence electrons. The molecule has 0 N–H and O–H groups in total. The molecule has 1 heterocycles. The summed E-state index contributed by atoms with van der Waals surface area (Å²) in [6, 6.07) is 21.4. The van der Waals surface area contributed by atoms with Gasteiger partial charge < -0.3 is 4.74 Å². The molecule has 7 heteroatoms. The second-order valence-corrected chi connectivity index (χ2v) is 10.6. The van der Waals surface area contributed by atoms with Crippen LogP contribution in [0.4, 0.5) is 0 Å². The minimum Gasteiger partial charge on any atom is -0.489 e. The first-order valence-corrected chi connectivity index (χ1v) is 13.4. The van der Waals surface area contributed by atoms with Crippen molar-refractivity contribution >= 4 is 49.0 Å². The third-order valence-corrected chi connectivity index (χ3v) is 7.32. The number of hydrogen-bond donors (Lipinski definition) is 0. The van der Waals surface area contributed by atoms with Crippen LogP contribution in [-0.4, -0.2) is 15.9 Å². The lowest BCUT2D eigenvalue weighted by molar-refractivity contribution is 0.306. The molecule has 1 aliphatic carbocycles. The van der Waals surface area contributed by atoms with Crippen LogP contribution < -0.4 is 10.3 Å². The van der Waals surface area contributed by atoms with Crippen molar-refractivity contribution in [2.24, 2.45) is 5.10 Å². The first-order valence-electron chi connectivity index (χ1n) is 11.8. The number of ether oxygens (including phenoxy) is 1. The SMILES string of the molecule is O=c1c2cc(Br)ccc2nc(C2CCCCC2)n1N=Cc1cccc(OCc2ccc(Br)cc2)c1. The van der Waals surface area contributed by atoms with E-state index in [1.807, 2.05) is 66.7 Å². The van der Waals surface area contributed by atoms with Crippen molar-refractivity contribution in [3.05, 3.63) is 103 Å². The van der Waals surface area contributed by atoms with Crippen LogP contribution in [0.1, 0.15) is 55.0 Å². The molecule has 0 radical (unpaired) electrons. The summed E-state index contributed by atoms with van der Waals surface area (Å²) in [5.74, 6) is 1.74. The lowest BCUT2D eigenvalue weighted by atomic mass is 9.88. The highest BCUT2D eigenvalue weighted by atomic mass is 79.9. The van der Waals surface area contributed by atoms with Gasteiger partial charge in [0.05, 0.1) is 17.1 Å². The maximum Gasteiger partial charge on any atom is 0.282 e. The van der Waals surface area contributed by atoms with E-state index in [4.69, 9.17) is 9.72 Å². The Balaban J connectivity index is 1.45. The molecule has 5 rings (SSSR count). The monoisotopic (exact) mass is 593 g/mol. The van der Waals surface area contributed by atoms with E-state index in [0.717, 1.165) is 57.3 Å². The zero-order chi connectivity index (χ0) is 24.2. The third-order valence-electron chi connectivity index (χ3n) is 6.30. The lowest BCUT2D eigenvalue weighted by Crippen LogP contribution is -2.25. The van der Waals surface area contributed by atoms with Gasteiger partial charge in [0.1, 0.15) is 18.2 Å². The Hall–Kier alpha value is -2.77. The second kappa shape index (κ2) is 10.9. The maximum absolute atomic E-state index is 13.5. The molecule has 5 nitrogen and oxygen atoms in total. The van der Waals surface area contributed by atoms with E-state index in [1.165, 1.54) is 11.1 Å². The first kappa shape index (κ1) is 23.9. The van der Waals surface area contributed by atoms with Gasteiger partial charge in [0, 0.05) is 14.9 Å². The molecule has 1 saturated carbocycles. The summed E-state index contributed by atoms with van der Waals surface area (Å²) in [6.45, 7) is 0.475. The van der Waals surface area contributed by atoms with Crippen molar-refractivity contribution in [2.75, 3.05) is 0 Å². The molecular weight excluding hydrogens is 570 g/mol. The van der Waals surface area contributed by atoms with Gasteiger partial charge in [0.2, 0.25) is 0 Å². The highest BCUT2D eigenvalue weighted by Crippen LogP contribution is 2.32. The molecule has 1 fully saturated rings. The van der Waals surface area contributed by atoms with Crippen molar-refractivity contribution in [3.8, 4) is 5.75 Å². The van der Waals surface area contributed by atoms with E-state index < -0.39 is 0 Å². The molecule has 0 aliphatic heterocycles. The summed E-state index contributed by atoms with van der Waals surface area (Å²) >= 11 is 6.93. The molecule has 0 spiro atoms.